The van der Waals surface area contributed by atoms with E-state index in [1.165, 1.54) is 32.1 Å². The van der Waals surface area contributed by atoms with Crippen LogP contribution in [0.3, 0.4) is 0 Å². The minimum absolute atomic E-state index is 0.674. The Morgan fingerprint density at radius 1 is 1.11 bits per heavy atom. The maximum atomic E-state index is 10.4. The van der Waals surface area contributed by atoms with Crippen LogP contribution in [0, 0.1) is 0 Å². The Hall–Kier alpha value is -1.51. The van der Waals surface area contributed by atoms with Gasteiger partial charge in [0.1, 0.15) is 5.75 Å². The summed E-state index contributed by atoms with van der Waals surface area (Å²) in [6.07, 6.45) is 8.16. The summed E-state index contributed by atoms with van der Waals surface area (Å²) < 4.78 is 5.67. The number of ether oxygens (including phenoxy) is 1. The second kappa shape index (κ2) is 9.51. The lowest BCUT2D eigenvalue weighted by Gasteiger charge is -2.10. The summed E-state index contributed by atoms with van der Waals surface area (Å²) in [6, 6.07) is 7.50. The molecule has 0 fully saturated rings. The first-order chi connectivity index (χ1) is 8.88. The van der Waals surface area contributed by atoms with Gasteiger partial charge in [-0.2, -0.15) is 0 Å². The molecule has 1 rings (SSSR count). The number of carbonyl (C=O) groups is 1. The van der Waals surface area contributed by atoms with E-state index in [0.29, 0.717) is 13.0 Å². The summed E-state index contributed by atoms with van der Waals surface area (Å²) in [6.45, 7) is 2.93. The number of nitrogens with one attached hydrogen (secondary N) is 1. The third-order valence-corrected chi connectivity index (χ3v) is 2.86. The highest BCUT2D eigenvalue weighted by Crippen LogP contribution is 2.23. The van der Waals surface area contributed by atoms with Gasteiger partial charge in [-0.3, -0.25) is 4.79 Å². The molecule has 1 N–H and O–H groups in total. The van der Waals surface area contributed by atoms with E-state index in [0.717, 1.165) is 17.9 Å². The minimum atomic E-state index is 0.674. The first-order valence-corrected chi connectivity index (χ1v) is 6.80. The number of anilines is 1. The maximum Gasteiger partial charge on any atom is 0.211 e. The van der Waals surface area contributed by atoms with Gasteiger partial charge in [-0.15, -0.1) is 0 Å². The van der Waals surface area contributed by atoms with Gasteiger partial charge in [-0.1, -0.05) is 51.2 Å². The molecule has 3 nitrogen and oxygen atoms in total. The number of carbonyl (C=O) groups excluding carboxylic acids is 1. The molecule has 0 radical (unpaired) electrons. The fourth-order valence-electron chi connectivity index (χ4n) is 1.84. The molecule has 0 bridgehead atoms. The lowest BCUT2D eigenvalue weighted by Crippen LogP contribution is -2.02. The molecule has 0 atom stereocenters. The second-order valence-corrected chi connectivity index (χ2v) is 4.37. The van der Waals surface area contributed by atoms with Crippen molar-refractivity contribution < 1.29 is 9.53 Å². The average Bonchev–Trinajstić information content (AvgIpc) is 2.40. The summed E-state index contributed by atoms with van der Waals surface area (Å²) in [4.78, 5) is 10.4. The van der Waals surface area contributed by atoms with Crippen LogP contribution in [0.25, 0.3) is 0 Å². The van der Waals surface area contributed by atoms with Crippen molar-refractivity contribution in [3.8, 4) is 5.75 Å². The molecule has 0 aliphatic heterocycles. The summed E-state index contributed by atoms with van der Waals surface area (Å²) in [7, 11) is 0. The molecule has 0 aromatic heterocycles. The predicted molar refractivity (Wildman–Crippen MR) is 75.0 cm³/mol. The largest absolute Gasteiger partial charge is 0.491 e. The van der Waals surface area contributed by atoms with Crippen LogP contribution in [0.1, 0.15) is 45.4 Å². The van der Waals surface area contributed by atoms with Gasteiger partial charge in [0.15, 0.2) is 0 Å². The number of rotatable bonds is 10. The zero-order chi connectivity index (χ0) is 13.1. The van der Waals surface area contributed by atoms with Crippen molar-refractivity contribution in [2.75, 3.05) is 11.9 Å². The van der Waals surface area contributed by atoms with Crippen LogP contribution in [-0.4, -0.2) is 13.0 Å². The molecule has 0 unspecified atom stereocenters. The highest BCUT2D eigenvalue weighted by molar-refractivity contribution is 5.75. The van der Waals surface area contributed by atoms with Crippen molar-refractivity contribution in [2.45, 2.75) is 45.4 Å². The van der Waals surface area contributed by atoms with Crippen LogP contribution >= 0.6 is 0 Å². The van der Waals surface area contributed by atoms with Gasteiger partial charge in [0.05, 0.1) is 12.3 Å². The van der Waals surface area contributed by atoms with E-state index in [2.05, 4.69) is 12.2 Å². The highest BCUT2D eigenvalue weighted by atomic mass is 16.5. The molecule has 0 aliphatic carbocycles. The van der Waals surface area contributed by atoms with E-state index in [1.54, 1.807) is 0 Å². The van der Waals surface area contributed by atoms with E-state index in [9.17, 15) is 4.79 Å². The summed E-state index contributed by atoms with van der Waals surface area (Å²) in [5.41, 5.74) is 0.735. The molecule has 100 valence electrons. The van der Waals surface area contributed by atoms with Crippen molar-refractivity contribution in [3.63, 3.8) is 0 Å². The van der Waals surface area contributed by atoms with Gasteiger partial charge < -0.3 is 10.1 Å². The molecule has 0 spiro atoms. The Bertz CT molecular complexity index is 339. The van der Waals surface area contributed by atoms with Crippen LogP contribution in [0.15, 0.2) is 24.3 Å². The van der Waals surface area contributed by atoms with Gasteiger partial charge in [0.2, 0.25) is 6.41 Å². The molecule has 0 saturated heterocycles. The minimum Gasteiger partial charge on any atom is -0.491 e. The quantitative estimate of drug-likeness (QED) is 0.503. The van der Waals surface area contributed by atoms with Gasteiger partial charge in [-0.25, -0.2) is 0 Å². The van der Waals surface area contributed by atoms with Crippen molar-refractivity contribution in [1.29, 1.82) is 0 Å². The van der Waals surface area contributed by atoms with Crippen LogP contribution in [0.2, 0.25) is 0 Å². The number of amides is 1. The van der Waals surface area contributed by atoms with E-state index < -0.39 is 0 Å². The zero-order valence-electron chi connectivity index (χ0n) is 11.2. The molecule has 0 heterocycles. The van der Waals surface area contributed by atoms with E-state index in [-0.39, 0.29) is 0 Å². The third-order valence-electron chi connectivity index (χ3n) is 2.86. The van der Waals surface area contributed by atoms with Crippen LogP contribution in [0.4, 0.5) is 5.69 Å². The standard InChI is InChI=1S/C15H23NO2/c1-2-3-4-5-6-9-12-18-15-11-8-7-10-14(15)16-13-17/h7-8,10-11,13H,2-6,9,12H2,1H3,(H,16,17). The fourth-order valence-corrected chi connectivity index (χ4v) is 1.84. The molecule has 1 aromatic rings. The topological polar surface area (TPSA) is 38.3 Å². The van der Waals surface area contributed by atoms with Crippen LogP contribution < -0.4 is 10.1 Å². The van der Waals surface area contributed by atoms with E-state index in [4.69, 9.17) is 4.74 Å². The summed E-state index contributed by atoms with van der Waals surface area (Å²) in [5.74, 6) is 0.748. The number of benzene rings is 1. The Morgan fingerprint density at radius 3 is 2.61 bits per heavy atom. The molecule has 0 saturated carbocycles. The van der Waals surface area contributed by atoms with Crippen molar-refractivity contribution in [3.05, 3.63) is 24.3 Å². The van der Waals surface area contributed by atoms with E-state index >= 15 is 0 Å². The smallest absolute Gasteiger partial charge is 0.211 e. The molecule has 18 heavy (non-hydrogen) atoms. The molecule has 1 amide bonds. The third kappa shape index (κ3) is 5.71. The molecule has 3 heteroatoms. The Morgan fingerprint density at radius 2 is 1.83 bits per heavy atom. The van der Waals surface area contributed by atoms with Crippen molar-refractivity contribution in [1.82, 2.24) is 0 Å². The van der Waals surface area contributed by atoms with Crippen LogP contribution in [0.5, 0.6) is 5.75 Å². The van der Waals surface area contributed by atoms with Gasteiger partial charge >= 0.3 is 0 Å². The number of hydrogen-bond donors (Lipinski definition) is 1. The lowest BCUT2D eigenvalue weighted by atomic mass is 10.1. The lowest BCUT2D eigenvalue weighted by molar-refractivity contribution is -0.105. The fraction of sp³-hybridized carbons (Fsp3) is 0.533. The van der Waals surface area contributed by atoms with Crippen molar-refractivity contribution >= 4 is 12.1 Å². The first-order valence-electron chi connectivity index (χ1n) is 6.80. The van der Waals surface area contributed by atoms with Crippen LogP contribution in [-0.2, 0) is 4.79 Å². The molecule has 0 aliphatic rings. The first kappa shape index (κ1) is 14.6. The van der Waals surface area contributed by atoms with E-state index in [1.807, 2.05) is 24.3 Å². The second-order valence-electron chi connectivity index (χ2n) is 4.37. The molecular weight excluding hydrogens is 226 g/mol. The Labute approximate surface area is 110 Å². The Kier molecular flexibility index (Phi) is 7.69. The van der Waals surface area contributed by atoms with Gasteiger partial charge in [-0.05, 0) is 18.6 Å². The summed E-state index contributed by atoms with van der Waals surface area (Å²) in [5, 5.41) is 2.64. The highest BCUT2D eigenvalue weighted by Gasteiger charge is 2.01. The Balaban J connectivity index is 2.20. The SMILES string of the molecule is CCCCCCCCOc1ccccc1NC=O. The maximum absolute atomic E-state index is 10.4. The number of unbranched alkanes of at least 4 members (excludes halogenated alkanes) is 5. The summed E-state index contributed by atoms with van der Waals surface area (Å²) >= 11 is 0. The van der Waals surface area contributed by atoms with Gasteiger partial charge in [0, 0.05) is 0 Å². The van der Waals surface area contributed by atoms with Gasteiger partial charge in [0.25, 0.3) is 0 Å². The monoisotopic (exact) mass is 249 g/mol. The molecule has 1 aromatic carbocycles. The average molecular weight is 249 g/mol. The number of hydrogen-bond acceptors (Lipinski definition) is 2. The molecular formula is C15H23NO2. The number of para-hydroxylation sites is 2. The normalized spacial score (nSPS) is 10.1. The zero-order valence-corrected chi connectivity index (χ0v) is 11.2. The van der Waals surface area contributed by atoms with Crippen molar-refractivity contribution in [2.24, 2.45) is 0 Å². The predicted octanol–water partition coefficient (Wildman–Crippen LogP) is 3.99.